The molecule has 0 spiro atoms. The van der Waals surface area contributed by atoms with Crippen molar-refractivity contribution in [2.75, 3.05) is 5.32 Å². The van der Waals surface area contributed by atoms with Gasteiger partial charge in [-0.05, 0) is 19.4 Å². The molecule has 2 aromatic heterocycles. The molecule has 1 N–H and O–H groups in total. The molecule has 3 aromatic rings. The topological polar surface area (TPSA) is 77.6 Å². The average molecular weight is 413 g/mol. The Morgan fingerprint density at radius 3 is 2.54 bits per heavy atom. The molecule has 11 heteroatoms. The maximum Gasteiger partial charge on any atom is 0.436 e. The number of nitrogens with zero attached hydrogens (tertiary/aromatic N) is 5. The van der Waals surface area contributed by atoms with Crippen LogP contribution in [0.5, 0.6) is 0 Å². The first-order chi connectivity index (χ1) is 13.2. The molecule has 0 aliphatic heterocycles. The molecule has 3 rings (SSSR count). The number of alkyl halides is 3. The monoisotopic (exact) mass is 412 g/mol. The van der Waals surface area contributed by atoms with Gasteiger partial charge in [-0.15, -0.1) is 5.10 Å². The van der Waals surface area contributed by atoms with Crippen LogP contribution in [0.25, 0.3) is 0 Å². The summed E-state index contributed by atoms with van der Waals surface area (Å²) in [6, 6.07) is 8.47. The number of hydrogen-bond acceptors (Lipinski definition) is 4. The lowest BCUT2D eigenvalue weighted by molar-refractivity contribution is -0.141. The summed E-state index contributed by atoms with van der Waals surface area (Å²) in [5.41, 5.74) is -0.184. The Morgan fingerprint density at radius 1 is 1.25 bits per heavy atom. The Bertz CT molecular complexity index is 983. The van der Waals surface area contributed by atoms with Gasteiger partial charge in [0.05, 0.1) is 17.3 Å². The molecule has 0 radical (unpaired) electrons. The lowest BCUT2D eigenvalue weighted by Crippen LogP contribution is -2.26. The van der Waals surface area contributed by atoms with Gasteiger partial charge in [0, 0.05) is 0 Å². The minimum Gasteiger partial charge on any atom is -0.291 e. The summed E-state index contributed by atoms with van der Waals surface area (Å²) in [7, 11) is 0. The first-order valence-electron chi connectivity index (χ1n) is 8.23. The molecule has 0 saturated heterocycles. The molecular formula is C17H16ClF3N6O. The van der Waals surface area contributed by atoms with Gasteiger partial charge in [0.25, 0.3) is 5.91 Å². The molecule has 1 atom stereocenters. The molecule has 0 aliphatic carbocycles. The van der Waals surface area contributed by atoms with Crippen LogP contribution in [0.1, 0.15) is 29.9 Å². The highest BCUT2D eigenvalue weighted by molar-refractivity contribution is 6.32. The number of benzene rings is 1. The highest BCUT2D eigenvalue weighted by atomic mass is 35.5. The van der Waals surface area contributed by atoms with Gasteiger partial charge < -0.3 is 0 Å². The van der Waals surface area contributed by atoms with Crippen molar-refractivity contribution < 1.29 is 18.0 Å². The first-order valence-corrected chi connectivity index (χ1v) is 8.60. The number of aromatic nitrogens is 5. The van der Waals surface area contributed by atoms with E-state index in [1.54, 1.807) is 0 Å². The van der Waals surface area contributed by atoms with Crippen LogP contribution in [-0.4, -0.2) is 30.5 Å². The van der Waals surface area contributed by atoms with Crippen molar-refractivity contribution in [3.63, 3.8) is 0 Å². The number of rotatable bonds is 5. The summed E-state index contributed by atoms with van der Waals surface area (Å²) in [6.45, 7) is 3.23. The summed E-state index contributed by atoms with van der Waals surface area (Å²) >= 11 is 5.72. The normalized spacial score (nSPS) is 12.8. The van der Waals surface area contributed by atoms with E-state index in [4.69, 9.17) is 11.6 Å². The minimum absolute atomic E-state index is 0.0409. The van der Waals surface area contributed by atoms with Gasteiger partial charge in [0.15, 0.2) is 5.69 Å². The van der Waals surface area contributed by atoms with Crippen molar-refractivity contribution >= 4 is 23.5 Å². The van der Waals surface area contributed by atoms with Gasteiger partial charge in [-0.3, -0.25) is 14.8 Å². The van der Waals surface area contributed by atoms with Crippen molar-refractivity contribution in [1.29, 1.82) is 0 Å². The van der Waals surface area contributed by atoms with Crippen molar-refractivity contribution in [3.8, 4) is 0 Å². The second kappa shape index (κ2) is 7.63. The fourth-order valence-corrected chi connectivity index (χ4v) is 2.81. The number of halogens is 4. The molecule has 1 amide bonds. The van der Waals surface area contributed by atoms with E-state index in [-0.39, 0.29) is 11.6 Å². The number of hydrogen-bond donors (Lipinski definition) is 1. The van der Waals surface area contributed by atoms with Crippen LogP contribution in [0.4, 0.5) is 19.1 Å². The minimum atomic E-state index is -4.71. The van der Waals surface area contributed by atoms with Crippen LogP contribution in [-0.2, 0) is 17.5 Å². The molecule has 2 heterocycles. The smallest absolute Gasteiger partial charge is 0.291 e. The lowest BCUT2D eigenvalue weighted by Gasteiger charge is -2.13. The molecule has 1 unspecified atom stereocenters. The van der Waals surface area contributed by atoms with Crippen molar-refractivity contribution in [1.82, 2.24) is 24.5 Å². The quantitative estimate of drug-likeness (QED) is 0.693. The lowest BCUT2D eigenvalue weighted by atomic mass is 10.2. The predicted molar refractivity (Wildman–Crippen MR) is 95.9 cm³/mol. The third-order valence-electron chi connectivity index (χ3n) is 4.05. The zero-order valence-electron chi connectivity index (χ0n) is 14.9. The van der Waals surface area contributed by atoms with Crippen LogP contribution in [0.15, 0.2) is 36.7 Å². The van der Waals surface area contributed by atoms with Gasteiger partial charge in [0.2, 0.25) is 5.95 Å². The maximum atomic E-state index is 13.0. The maximum absolute atomic E-state index is 13.0. The highest BCUT2D eigenvalue weighted by Gasteiger charge is 2.39. The summed E-state index contributed by atoms with van der Waals surface area (Å²) in [6.07, 6.45) is -3.26. The number of nitrogens with one attached hydrogen (secondary N) is 1. The van der Waals surface area contributed by atoms with Crippen LogP contribution in [0.2, 0.25) is 5.02 Å². The second-order valence-corrected chi connectivity index (χ2v) is 6.48. The molecular weight excluding hydrogens is 397 g/mol. The van der Waals surface area contributed by atoms with Crippen LogP contribution in [0.3, 0.4) is 0 Å². The van der Waals surface area contributed by atoms with Crippen LogP contribution < -0.4 is 5.32 Å². The fourth-order valence-electron chi connectivity index (χ4n) is 2.58. The molecule has 0 saturated carbocycles. The Labute approximate surface area is 163 Å². The predicted octanol–water partition coefficient (Wildman–Crippen LogP) is 3.70. The van der Waals surface area contributed by atoms with Gasteiger partial charge in [0.1, 0.15) is 12.4 Å². The number of amides is 1. The van der Waals surface area contributed by atoms with Crippen molar-refractivity contribution in [3.05, 3.63) is 58.6 Å². The van der Waals surface area contributed by atoms with Gasteiger partial charge in [-0.2, -0.15) is 18.3 Å². The summed E-state index contributed by atoms with van der Waals surface area (Å²) in [4.78, 5) is 16.4. The molecule has 0 aliphatic rings. The van der Waals surface area contributed by atoms with Crippen molar-refractivity contribution in [2.45, 2.75) is 32.6 Å². The van der Waals surface area contributed by atoms with E-state index in [0.29, 0.717) is 6.54 Å². The SMILES string of the molecule is Cc1c(Cl)c(C(F)(F)F)nn1C(C)C(=O)Nc1ncn(Cc2ccccc2)n1. The van der Waals surface area contributed by atoms with E-state index in [9.17, 15) is 18.0 Å². The first kappa shape index (κ1) is 19.9. The number of anilines is 1. The summed E-state index contributed by atoms with van der Waals surface area (Å²) < 4.78 is 41.3. The number of carbonyl (C=O) groups is 1. The molecule has 1 aromatic carbocycles. The Kier molecular flexibility index (Phi) is 5.41. The van der Waals surface area contributed by atoms with E-state index in [1.165, 1.54) is 24.9 Å². The molecule has 148 valence electrons. The largest absolute Gasteiger partial charge is 0.436 e. The summed E-state index contributed by atoms with van der Waals surface area (Å²) in [5, 5.41) is 9.54. The Balaban J connectivity index is 1.72. The van der Waals surface area contributed by atoms with E-state index in [1.807, 2.05) is 30.3 Å². The van der Waals surface area contributed by atoms with Gasteiger partial charge in [-0.1, -0.05) is 41.9 Å². The number of carbonyl (C=O) groups excluding carboxylic acids is 1. The molecule has 7 nitrogen and oxygen atoms in total. The highest BCUT2D eigenvalue weighted by Crippen LogP contribution is 2.36. The van der Waals surface area contributed by atoms with Gasteiger partial charge in [-0.25, -0.2) is 9.67 Å². The van der Waals surface area contributed by atoms with Crippen LogP contribution in [0, 0.1) is 6.92 Å². The van der Waals surface area contributed by atoms with E-state index in [0.717, 1.165) is 10.2 Å². The third-order valence-corrected chi connectivity index (χ3v) is 4.50. The Hall–Kier alpha value is -2.88. The Morgan fingerprint density at radius 2 is 1.93 bits per heavy atom. The zero-order chi connectivity index (χ0) is 20.5. The van der Waals surface area contributed by atoms with Crippen molar-refractivity contribution in [2.24, 2.45) is 0 Å². The van der Waals surface area contributed by atoms with E-state index in [2.05, 4.69) is 20.5 Å². The van der Waals surface area contributed by atoms with E-state index < -0.39 is 28.8 Å². The second-order valence-electron chi connectivity index (χ2n) is 6.11. The fraction of sp³-hybridized carbons (Fsp3) is 0.294. The average Bonchev–Trinajstić information content (AvgIpc) is 3.19. The third kappa shape index (κ3) is 4.16. The zero-order valence-corrected chi connectivity index (χ0v) is 15.7. The molecule has 0 fully saturated rings. The summed E-state index contributed by atoms with van der Waals surface area (Å²) in [5.74, 6) is -0.576. The van der Waals surface area contributed by atoms with Crippen LogP contribution >= 0.6 is 11.6 Å². The van der Waals surface area contributed by atoms with Gasteiger partial charge >= 0.3 is 6.18 Å². The standard InChI is InChI=1S/C17H16ClF3N6O/c1-10-13(18)14(17(19,20)21)24-27(10)11(2)15(28)23-16-22-9-26(25-16)8-12-6-4-3-5-7-12/h3-7,9,11H,8H2,1-2H3,(H,23,25,28). The molecule has 0 bridgehead atoms. The van der Waals surface area contributed by atoms with E-state index >= 15 is 0 Å². The molecule has 28 heavy (non-hydrogen) atoms.